The highest BCUT2D eigenvalue weighted by Gasteiger charge is 2.06. The fourth-order valence-corrected chi connectivity index (χ4v) is 2.25. The maximum atomic E-state index is 11.2. The van der Waals surface area contributed by atoms with Gasteiger partial charge in [-0.2, -0.15) is 0 Å². The van der Waals surface area contributed by atoms with Crippen LogP contribution >= 0.6 is 11.6 Å². The Bertz CT molecular complexity index is 574. The largest absolute Gasteiger partial charge is 0.357 e. The van der Waals surface area contributed by atoms with Crippen molar-refractivity contribution in [3.05, 3.63) is 34.5 Å². The summed E-state index contributed by atoms with van der Waals surface area (Å²) in [4.78, 5) is 14.5. The second kappa shape index (κ2) is 5.44. The molecular weight excluding hydrogens is 248 g/mol. The zero-order valence-electron chi connectivity index (χ0n) is 10.6. The van der Waals surface area contributed by atoms with Crippen molar-refractivity contribution >= 4 is 28.4 Å². The molecule has 1 aromatic carbocycles. The molecular formula is C14H17ClN2O. The van der Waals surface area contributed by atoms with Crippen LogP contribution in [0, 0.1) is 0 Å². The van der Waals surface area contributed by atoms with E-state index in [9.17, 15) is 4.79 Å². The summed E-state index contributed by atoms with van der Waals surface area (Å²) in [6.07, 6.45) is 1.42. The van der Waals surface area contributed by atoms with Gasteiger partial charge in [0.15, 0.2) is 0 Å². The molecule has 0 bridgehead atoms. The fourth-order valence-electron chi connectivity index (χ4n) is 1.94. The van der Waals surface area contributed by atoms with E-state index in [1.807, 2.05) is 19.1 Å². The lowest BCUT2D eigenvalue weighted by molar-refractivity contribution is -0.120. The molecule has 0 aliphatic heterocycles. The van der Waals surface area contributed by atoms with Crippen LogP contribution in [0.15, 0.2) is 18.2 Å². The molecule has 2 rings (SSSR count). The smallest absolute Gasteiger partial charge is 0.220 e. The minimum atomic E-state index is 0.0564. The van der Waals surface area contributed by atoms with E-state index in [2.05, 4.69) is 23.3 Å². The number of aromatic nitrogens is 1. The Morgan fingerprint density at radius 3 is 2.78 bits per heavy atom. The third kappa shape index (κ3) is 2.67. The minimum absolute atomic E-state index is 0.0564. The van der Waals surface area contributed by atoms with Gasteiger partial charge in [0, 0.05) is 28.0 Å². The first-order chi connectivity index (χ1) is 8.63. The Balaban J connectivity index is 2.24. The molecule has 0 fully saturated rings. The third-order valence-electron chi connectivity index (χ3n) is 3.02. The van der Waals surface area contributed by atoms with Crippen molar-refractivity contribution in [3.63, 3.8) is 0 Å². The van der Waals surface area contributed by atoms with Crippen molar-refractivity contribution in [3.8, 4) is 0 Å². The average Bonchev–Trinajstić information content (AvgIpc) is 2.76. The Hall–Kier alpha value is -1.48. The molecule has 1 amide bonds. The van der Waals surface area contributed by atoms with E-state index in [0.29, 0.717) is 13.0 Å². The number of rotatable bonds is 4. The number of H-pyrrole nitrogens is 1. The van der Waals surface area contributed by atoms with Gasteiger partial charge >= 0.3 is 0 Å². The molecule has 0 atom stereocenters. The second-order valence-corrected chi connectivity index (χ2v) is 4.72. The normalized spacial score (nSPS) is 10.8. The van der Waals surface area contributed by atoms with Gasteiger partial charge < -0.3 is 10.3 Å². The van der Waals surface area contributed by atoms with Crippen LogP contribution in [0.1, 0.15) is 31.5 Å². The van der Waals surface area contributed by atoms with Crippen molar-refractivity contribution in [2.45, 2.75) is 33.2 Å². The van der Waals surface area contributed by atoms with Crippen molar-refractivity contribution in [2.24, 2.45) is 0 Å². The quantitative estimate of drug-likeness (QED) is 0.873. The molecule has 0 radical (unpaired) electrons. The molecule has 1 aromatic heterocycles. The monoisotopic (exact) mass is 264 g/mol. The molecule has 18 heavy (non-hydrogen) atoms. The van der Waals surface area contributed by atoms with E-state index in [1.54, 1.807) is 0 Å². The van der Waals surface area contributed by atoms with Crippen molar-refractivity contribution < 1.29 is 4.79 Å². The summed E-state index contributed by atoms with van der Waals surface area (Å²) in [5.74, 6) is 0.0564. The number of hydrogen-bond acceptors (Lipinski definition) is 1. The fraction of sp³-hybridized carbons (Fsp3) is 0.357. The number of aromatic amines is 1. The summed E-state index contributed by atoms with van der Waals surface area (Å²) in [5.41, 5.74) is 3.20. The number of benzene rings is 1. The molecule has 0 aliphatic rings. The summed E-state index contributed by atoms with van der Waals surface area (Å²) >= 11 is 6.18. The highest BCUT2D eigenvalue weighted by Crippen LogP contribution is 2.25. The van der Waals surface area contributed by atoms with Gasteiger partial charge in [-0.25, -0.2) is 0 Å². The summed E-state index contributed by atoms with van der Waals surface area (Å²) in [5, 5.41) is 4.73. The Morgan fingerprint density at radius 1 is 1.33 bits per heavy atom. The van der Waals surface area contributed by atoms with E-state index in [0.717, 1.165) is 33.6 Å². The van der Waals surface area contributed by atoms with Crippen molar-refractivity contribution in [2.75, 3.05) is 0 Å². The molecule has 3 nitrogen and oxygen atoms in total. The van der Waals surface area contributed by atoms with Crippen LogP contribution in [0.25, 0.3) is 10.9 Å². The van der Waals surface area contributed by atoms with Gasteiger partial charge in [-0.15, -0.1) is 0 Å². The second-order valence-electron chi connectivity index (χ2n) is 4.31. The first-order valence-electron chi connectivity index (χ1n) is 6.20. The molecule has 0 unspecified atom stereocenters. The number of halogens is 1. The number of hydrogen-bond donors (Lipinski definition) is 2. The molecule has 96 valence electrons. The SMILES string of the molecule is CCC(=O)NCc1cc2cc(Cl)c(CC)cc2[nH]1. The molecule has 0 aliphatic carbocycles. The molecule has 0 saturated heterocycles. The van der Waals surface area contributed by atoms with Gasteiger partial charge in [0.25, 0.3) is 0 Å². The van der Waals surface area contributed by atoms with E-state index < -0.39 is 0 Å². The van der Waals surface area contributed by atoms with E-state index >= 15 is 0 Å². The van der Waals surface area contributed by atoms with E-state index in [1.165, 1.54) is 0 Å². The van der Waals surface area contributed by atoms with Gasteiger partial charge in [-0.1, -0.05) is 25.4 Å². The van der Waals surface area contributed by atoms with Gasteiger partial charge in [0.05, 0.1) is 6.54 Å². The zero-order chi connectivity index (χ0) is 13.1. The van der Waals surface area contributed by atoms with Crippen LogP contribution in [0.2, 0.25) is 5.02 Å². The van der Waals surface area contributed by atoms with Crippen molar-refractivity contribution in [1.82, 2.24) is 10.3 Å². The average molecular weight is 265 g/mol. The Labute approximate surface area is 112 Å². The highest BCUT2D eigenvalue weighted by molar-refractivity contribution is 6.32. The van der Waals surface area contributed by atoms with Crippen LogP contribution in [0.4, 0.5) is 0 Å². The predicted octanol–water partition coefficient (Wildman–Crippen LogP) is 3.41. The number of carbonyl (C=O) groups excluding carboxylic acids is 1. The van der Waals surface area contributed by atoms with Gasteiger partial charge in [-0.05, 0) is 30.2 Å². The third-order valence-corrected chi connectivity index (χ3v) is 3.37. The van der Waals surface area contributed by atoms with Crippen LogP contribution < -0.4 is 5.32 Å². The maximum absolute atomic E-state index is 11.2. The summed E-state index contributed by atoms with van der Waals surface area (Å²) in [6, 6.07) is 6.07. The van der Waals surface area contributed by atoms with Gasteiger partial charge in [-0.3, -0.25) is 4.79 Å². The minimum Gasteiger partial charge on any atom is -0.357 e. The topological polar surface area (TPSA) is 44.9 Å². The molecule has 4 heteroatoms. The standard InChI is InChI=1S/C14H17ClN2O/c1-3-9-7-13-10(6-12(9)15)5-11(17-13)8-16-14(18)4-2/h5-7,17H,3-4,8H2,1-2H3,(H,16,18). The number of nitrogens with one attached hydrogen (secondary N) is 2. The maximum Gasteiger partial charge on any atom is 0.220 e. The predicted molar refractivity (Wildman–Crippen MR) is 74.8 cm³/mol. The number of carbonyl (C=O) groups is 1. The Kier molecular flexibility index (Phi) is 3.92. The van der Waals surface area contributed by atoms with E-state index in [4.69, 9.17) is 11.6 Å². The molecule has 1 heterocycles. The summed E-state index contributed by atoms with van der Waals surface area (Å²) in [6.45, 7) is 4.45. The summed E-state index contributed by atoms with van der Waals surface area (Å²) < 4.78 is 0. The van der Waals surface area contributed by atoms with Gasteiger partial charge in [0.1, 0.15) is 0 Å². The van der Waals surface area contributed by atoms with Crippen LogP contribution in [-0.4, -0.2) is 10.9 Å². The highest BCUT2D eigenvalue weighted by atomic mass is 35.5. The lowest BCUT2D eigenvalue weighted by Crippen LogP contribution is -2.21. The van der Waals surface area contributed by atoms with Gasteiger partial charge in [0.2, 0.25) is 5.91 Å². The number of aryl methyl sites for hydroxylation is 1. The number of amides is 1. The van der Waals surface area contributed by atoms with Crippen molar-refractivity contribution in [1.29, 1.82) is 0 Å². The van der Waals surface area contributed by atoms with Crippen LogP contribution in [0.5, 0.6) is 0 Å². The lowest BCUT2D eigenvalue weighted by atomic mass is 10.1. The molecule has 2 aromatic rings. The van der Waals surface area contributed by atoms with Crippen LogP contribution in [0.3, 0.4) is 0 Å². The number of fused-ring (bicyclic) bond motifs is 1. The van der Waals surface area contributed by atoms with E-state index in [-0.39, 0.29) is 5.91 Å². The first-order valence-corrected chi connectivity index (χ1v) is 6.58. The molecule has 2 N–H and O–H groups in total. The lowest BCUT2D eigenvalue weighted by Gasteiger charge is -2.00. The first kappa shape index (κ1) is 13.0. The Morgan fingerprint density at radius 2 is 2.11 bits per heavy atom. The van der Waals surface area contributed by atoms with Crippen LogP contribution in [-0.2, 0) is 17.8 Å². The molecule has 0 saturated carbocycles. The zero-order valence-corrected chi connectivity index (χ0v) is 11.4. The summed E-state index contributed by atoms with van der Waals surface area (Å²) in [7, 11) is 0. The molecule has 0 spiro atoms.